The Morgan fingerprint density at radius 2 is 1.64 bits per heavy atom. The number of aromatic nitrogens is 1. The van der Waals surface area contributed by atoms with Crippen LogP contribution in [-0.4, -0.2) is 19.2 Å². The molecule has 0 aliphatic carbocycles. The summed E-state index contributed by atoms with van der Waals surface area (Å²) in [5, 5.41) is 2.30. The molecule has 0 spiro atoms. The molecular formula is C14H12F4N2O2. The molecule has 0 fully saturated rings. The first-order valence-corrected chi connectivity index (χ1v) is 6.13. The average Bonchev–Trinajstić information content (AvgIpc) is 2.52. The number of ether oxygens (including phenoxy) is 2. The molecule has 1 aromatic carbocycles. The van der Waals surface area contributed by atoms with Crippen LogP contribution in [0, 0.1) is 23.5 Å². The average molecular weight is 316 g/mol. The molecule has 22 heavy (non-hydrogen) atoms. The van der Waals surface area contributed by atoms with Gasteiger partial charge in [0.05, 0.1) is 14.2 Å². The smallest absolute Gasteiger partial charge is 0.253 e. The highest BCUT2D eigenvalue weighted by Gasteiger charge is 2.21. The molecule has 0 aliphatic heterocycles. The van der Waals surface area contributed by atoms with Crippen LogP contribution in [0.15, 0.2) is 18.2 Å². The lowest BCUT2D eigenvalue weighted by atomic mass is 10.1. The zero-order valence-electron chi connectivity index (χ0n) is 11.7. The Labute approximate surface area is 123 Å². The lowest BCUT2D eigenvalue weighted by Crippen LogP contribution is -2.10. The molecule has 8 heteroatoms. The first kappa shape index (κ1) is 15.9. The van der Waals surface area contributed by atoms with Crippen molar-refractivity contribution in [2.24, 2.45) is 0 Å². The van der Waals surface area contributed by atoms with Gasteiger partial charge in [-0.1, -0.05) is 12.1 Å². The fourth-order valence-corrected chi connectivity index (χ4v) is 1.92. The Morgan fingerprint density at radius 1 is 1.00 bits per heavy atom. The summed E-state index contributed by atoms with van der Waals surface area (Å²) in [6.45, 7) is -0.142. The number of methoxy groups -OCH3 is 2. The number of hydrogen-bond donors (Lipinski definition) is 1. The summed E-state index contributed by atoms with van der Waals surface area (Å²) in [4.78, 5) is 2.48. The second-order valence-corrected chi connectivity index (χ2v) is 4.20. The van der Waals surface area contributed by atoms with E-state index in [1.54, 1.807) is 18.2 Å². The van der Waals surface area contributed by atoms with Crippen LogP contribution in [0.4, 0.5) is 23.2 Å². The topological polar surface area (TPSA) is 43.4 Å². The second-order valence-electron chi connectivity index (χ2n) is 4.20. The van der Waals surface area contributed by atoms with E-state index in [9.17, 15) is 17.6 Å². The predicted octanol–water partition coefficient (Wildman–Crippen LogP) is 3.27. The van der Waals surface area contributed by atoms with Crippen LogP contribution in [0.2, 0.25) is 0 Å². The van der Waals surface area contributed by atoms with Crippen LogP contribution in [-0.2, 0) is 6.54 Å². The molecular weight excluding hydrogens is 304 g/mol. The van der Waals surface area contributed by atoms with Gasteiger partial charge in [-0.25, -0.2) is 0 Å². The van der Waals surface area contributed by atoms with Crippen molar-refractivity contribution in [3.05, 3.63) is 47.3 Å². The Kier molecular flexibility index (Phi) is 4.69. The molecule has 1 aromatic heterocycles. The fraction of sp³-hybridized carbons (Fsp3) is 0.214. The van der Waals surface area contributed by atoms with E-state index in [2.05, 4.69) is 10.3 Å². The molecule has 0 amide bonds. The van der Waals surface area contributed by atoms with Gasteiger partial charge in [-0.3, -0.25) is 0 Å². The highest BCUT2D eigenvalue weighted by molar-refractivity contribution is 5.50. The molecule has 1 heterocycles. The maximum atomic E-state index is 13.5. The molecule has 1 N–H and O–H groups in total. The summed E-state index contributed by atoms with van der Waals surface area (Å²) in [5.41, 5.74) is -0.451. The zero-order valence-corrected chi connectivity index (χ0v) is 11.7. The maximum absolute atomic E-state index is 13.5. The number of pyridine rings is 1. The Morgan fingerprint density at radius 3 is 2.18 bits per heavy atom. The lowest BCUT2D eigenvalue weighted by Gasteiger charge is -2.14. The zero-order chi connectivity index (χ0) is 16.3. The van der Waals surface area contributed by atoms with E-state index in [-0.39, 0.29) is 6.54 Å². The molecule has 2 rings (SSSR count). The molecule has 0 saturated carbocycles. The Balaban J connectivity index is 2.32. The van der Waals surface area contributed by atoms with Crippen molar-refractivity contribution >= 4 is 5.69 Å². The van der Waals surface area contributed by atoms with E-state index in [0.29, 0.717) is 17.1 Å². The highest BCUT2D eigenvalue weighted by atomic mass is 19.2. The third kappa shape index (κ3) is 2.90. The molecule has 0 bridgehead atoms. The summed E-state index contributed by atoms with van der Waals surface area (Å²) >= 11 is 0. The predicted molar refractivity (Wildman–Crippen MR) is 70.9 cm³/mol. The van der Waals surface area contributed by atoms with Gasteiger partial charge in [0.15, 0.2) is 11.5 Å². The van der Waals surface area contributed by atoms with E-state index < -0.39 is 29.2 Å². The lowest BCUT2D eigenvalue weighted by molar-refractivity contribution is 0.352. The third-order valence-electron chi connectivity index (χ3n) is 2.94. The van der Waals surface area contributed by atoms with Gasteiger partial charge < -0.3 is 14.8 Å². The standard InChI is InChI=1S/C14H12F4N2O2/c1-21-8-5-3-4-7(12(8)22-2)6-19-11-9(15)13(17)20-14(18)10(11)16/h3-5H,6H2,1-2H3,(H,19,20). The van der Waals surface area contributed by atoms with Crippen LogP contribution < -0.4 is 14.8 Å². The number of benzene rings is 1. The maximum Gasteiger partial charge on any atom is 0.253 e. The molecule has 2 aromatic rings. The van der Waals surface area contributed by atoms with Crippen LogP contribution in [0.5, 0.6) is 11.5 Å². The van der Waals surface area contributed by atoms with Crippen LogP contribution in [0.1, 0.15) is 5.56 Å². The summed E-state index contributed by atoms with van der Waals surface area (Å²) in [7, 11) is 2.83. The summed E-state index contributed by atoms with van der Waals surface area (Å²) in [6.07, 6.45) is 0. The van der Waals surface area contributed by atoms with Crippen LogP contribution in [0.3, 0.4) is 0 Å². The van der Waals surface area contributed by atoms with Gasteiger partial charge in [0.1, 0.15) is 5.69 Å². The minimum absolute atomic E-state index is 0.142. The second kappa shape index (κ2) is 6.50. The number of nitrogens with one attached hydrogen (secondary N) is 1. The van der Waals surface area contributed by atoms with E-state index in [1.165, 1.54) is 14.2 Å². The molecule has 0 aliphatic rings. The molecule has 0 radical (unpaired) electrons. The number of para-hydroxylation sites is 1. The molecule has 4 nitrogen and oxygen atoms in total. The van der Waals surface area contributed by atoms with Gasteiger partial charge in [-0.2, -0.15) is 22.5 Å². The molecule has 0 unspecified atom stereocenters. The number of hydrogen-bond acceptors (Lipinski definition) is 4. The van der Waals surface area contributed by atoms with E-state index >= 15 is 0 Å². The van der Waals surface area contributed by atoms with E-state index in [0.717, 1.165) is 0 Å². The van der Waals surface area contributed by atoms with Crippen LogP contribution >= 0.6 is 0 Å². The number of halogens is 4. The van der Waals surface area contributed by atoms with E-state index in [4.69, 9.17) is 9.47 Å². The largest absolute Gasteiger partial charge is 0.493 e. The fourth-order valence-electron chi connectivity index (χ4n) is 1.92. The van der Waals surface area contributed by atoms with Gasteiger partial charge in [0, 0.05) is 12.1 Å². The van der Waals surface area contributed by atoms with Gasteiger partial charge >= 0.3 is 0 Å². The summed E-state index contributed by atoms with van der Waals surface area (Å²) in [5.74, 6) is -5.89. The first-order chi connectivity index (χ1) is 10.5. The summed E-state index contributed by atoms with van der Waals surface area (Å²) < 4.78 is 63.3. The normalized spacial score (nSPS) is 10.5. The van der Waals surface area contributed by atoms with Crippen molar-refractivity contribution in [1.82, 2.24) is 4.98 Å². The number of anilines is 1. The molecule has 118 valence electrons. The van der Waals surface area contributed by atoms with Crippen molar-refractivity contribution in [1.29, 1.82) is 0 Å². The molecule has 0 atom stereocenters. The van der Waals surface area contributed by atoms with Crippen molar-refractivity contribution in [3.63, 3.8) is 0 Å². The van der Waals surface area contributed by atoms with Gasteiger partial charge in [0.25, 0.3) is 11.9 Å². The van der Waals surface area contributed by atoms with Crippen molar-refractivity contribution < 1.29 is 27.0 Å². The van der Waals surface area contributed by atoms with Gasteiger partial charge in [0.2, 0.25) is 11.6 Å². The van der Waals surface area contributed by atoms with Gasteiger partial charge in [-0.05, 0) is 6.07 Å². The monoisotopic (exact) mass is 316 g/mol. The summed E-state index contributed by atoms with van der Waals surface area (Å²) in [6, 6.07) is 4.88. The molecule has 0 saturated heterocycles. The third-order valence-corrected chi connectivity index (χ3v) is 2.94. The van der Waals surface area contributed by atoms with Crippen LogP contribution in [0.25, 0.3) is 0 Å². The SMILES string of the molecule is COc1cccc(CNc2c(F)c(F)nc(F)c2F)c1OC. The van der Waals surface area contributed by atoms with Crippen molar-refractivity contribution in [2.45, 2.75) is 6.54 Å². The quantitative estimate of drug-likeness (QED) is 0.679. The first-order valence-electron chi connectivity index (χ1n) is 6.13. The highest BCUT2D eigenvalue weighted by Crippen LogP contribution is 2.31. The van der Waals surface area contributed by atoms with E-state index in [1.807, 2.05) is 0 Å². The number of rotatable bonds is 5. The Bertz CT molecular complexity index is 669. The number of nitrogens with zero attached hydrogens (tertiary/aromatic N) is 1. The minimum atomic E-state index is -1.72. The Hall–Kier alpha value is -2.51. The van der Waals surface area contributed by atoms with Gasteiger partial charge in [-0.15, -0.1) is 0 Å². The van der Waals surface area contributed by atoms with Crippen molar-refractivity contribution in [2.75, 3.05) is 19.5 Å². The van der Waals surface area contributed by atoms with Crippen molar-refractivity contribution in [3.8, 4) is 11.5 Å². The minimum Gasteiger partial charge on any atom is -0.493 e.